The molecule has 98 valence electrons. The number of hydrogen-bond donors (Lipinski definition) is 0. The molecule has 1 atom stereocenters. The zero-order valence-corrected chi connectivity index (χ0v) is 11.3. The third kappa shape index (κ3) is 2.50. The topological polar surface area (TPSA) is 41.6 Å². The summed E-state index contributed by atoms with van der Waals surface area (Å²) in [5.41, 5.74) is 3.30. The van der Waals surface area contributed by atoms with Gasteiger partial charge in [-0.25, -0.2) is 4.39 Å². The van der Waals surface area contributed by atoms with Crippen molar-refractivity contribution in [3.8, 4) is 6.07 Å². The van der Waals surface area contributed by atoms with Crippen LogP contribution in [0.5, 0.6) is 0 Å². The molecule has 0 amide bonds. The van der Waals surface area contributed by atoms with Crippen molar-refractivity contribution in [3.63, 3.8) is 0 Å². The minimum atomic E-state index is -0.377. The molecule has 1 aromatic heterocycles. The van der Waals surface area contributed by atoms with Gasteiger partial charge in [-0.1, -0.05) is 13.0 Å². The lowest BCUT2D eigenvalue weighted by molar-refractivity contribution is 0.625. The molecule has 0 N–H and O–H groups in total. The molecule has 0 radical (unpaired) electrons. The number of aryl methyl sites for hydroxylation is 2. The molecule has 1 heterocycles. The van der Waals surface area contributed by atoms with E-state index in [4.69, 9.17) is 0 Å². The summed E-state index contributed by atoms with van der Waals surface area (Å²) in [6.07, 6.45) is 2.81. The highest BCUT2D eigenvalue weighted by atomic mass is 19.1. The minimum Gasteiger partial charge on any atom is -0.275 e. The normalized spacial score (nSPS) is 12.2. The molecule has 0 unspecified atom stereocenters. The monoisotopic (exact) mass is 257 g/mol. The van der Waals surface area contributed by atoms with Gasteiger partial charge in [0.25, 0.3) is 0 Å². The van der Waals surface area contributed by atoms with Gasteiger partial charge in [0.1, 0.15) is 5.82 Å². The summed E-state index contributed by atoms with van der Waals surface area (Å²) in [6, 6.07) is 6.49. The summed E-state index contributed by atoms with van der Waals surface area (Å²) in [5.74, 6) is -0.304. The first-order chi connectivity index (χ1) is 9.06. The molecular weight excluding hydrogens is 241 g/mol. The highest BCUT2D eigenvalue weighted by Gasteiger charge is 2.20. The largest absolute Gasteiger partial charge is 0.275 e. The van der Waals surface area contributed by atoms with Crippen LogP contribution in [0.3, 0.4) is 0 Å². The van der Waals surface area contributed by atoms with Crippen molar-refractivity contribution in [2.75, 3.05) is 0 Å². The van der Waals surface area contributed by atoms with E-state index in [0.29, 0.717) is 5.56 Å². The quantitative estimate of drug-likeness (QED) is 0.846. The van der Waals surface area contributed by atoms with Crippen molar-refractivity contribution in [3.05, 3.63) is 52.6 Å². The maximum absolute atomic E-state index is 13.2. The molecule has 4 heteroatoms. The third-order valence-corrected chi connectivity index (χ3v) is 3.35. The predicted octanol–water partition coefficient (Wildman–Crippen LogP) is 3.28. The molecular formula is C15H16FN3. The van der Waals surface area contributed by atoms with Crippen LogP contribution in [-0.2, 0) is 7.05 Å². The Labute approximate surface area is 112 Å². The summed E-state index contributed by atoms with van der Waals surface area (Å²) in [4.78, 5) is 0. The predicted molar refractivity (Wildman–Crippen MR) is 71.2 cm³/mol. The Hall–Kier alpha value is -2.15. The Kier molecular flexibility index (Phi) is 3.66. The molecule has 1 aromatic carbocycles. The lowest BCUT2D eigenvalue weighted by Crippen LogP contribution is -2.03. The number of benzene rings is 1. The summed E-state index contributed by atoms with van der Waals surface area (Å²) in [5, 5.41) is 13.5. The van der Waals surface area contributed by atoms with Crippen LogP contribution in [0.25, 0.3) is 0 Å². The number of aromatic nitrogens is 2. The van der Waals surface area contributed by atoms with Crippen LogP contribution in [0.4, 0.5) is 4.39 Å². The lowest BCUT2D eigenvalue weighted by Gasteiger charge is -2.16. The van der Waals surface area contributed by atoms with E-state index in [1.54, 1.807) is 10.7 Å². The zero-order valence-electron chi connectivity index (χ0n) is 11.3. The van der Waals surface area contributed by atoms with E-state index in [0.717, 1.165) is 23.2 Å². The van der Waals surface area contributed by atoms with Crippen molar-refractivity contribution in [2.45, 2.75) is 26.2 Å². The number of rotatable bonds is 3. The highest BCUT2D eigenvalue weighted by molar-refractivity contribution is 5.44. The van der Waals surface area contributed by atoms with Crippen molar-refractivity contribution in [2.24, 2.45) is 7.05 Å². The number of halogens is 1. The second-order valence-electron chi connectivity index (χ2n) is 4.65. The molecule has 0 aliphatic rings. The molecule has 2 rings (SSSR count). The Balaban J connectivity index is 2.55. The van der Waals surface area contributed by atoms with E-state index in [1.807, 2.05) is 20.2 Å². The average Bonchev–Trinajstić information content (AvgIpc) is 2.71. The fourth-order valence-corrected chi connectivity index (χ4v) is 2.50. The Morgan fingerprint density at radius 2 is 2.16 bits per heavy atom. The highest BCUT2D eigenvalue weighted by Crippen LogP contribution is 2.31. The van der Waals surface area contributed by atoms with Gasteiger partial charge in [-0.05, 0) is 31.0 Å². The molecule has 0 aliphatic carbocycles. The van der Waals surface area contributed by atoms with Crippen LogP contribution in [-0.4, -0.2) is 9.78 Å². The first-order valence-corrected chi connectivity index (χ1v) is 6.26. The van der Waals surface area contributed by atoms with Crippen LogP contribution in [0.1, 0.15) is 41.6 Å². The van der Waals surface area contributed by atoms with Gasteiger partial charge in [0.2, 0.25) is 0 Å². The van der Waals surface area contributed by atoms with Gasteiger partial charge in [-0.2, -0.15) is 10.4 Å². The molecule has 3 nitrogen and oxygen atoms in total. The Morgan fingerprint density at radius 3 is 2.68 bits per heavy atom. The molecule has 0 saturated carbocycles. The molecule has 0 saturated heterocycles. The van der Waals surface area contributed by atoms with Crippen LogP contribution in [0, 0.1) is 24.1 Å². The smallest absolute Gasteiger partial charge is 0.124 e. The van der Waals surface area contributed by atoms with Crippen LogP contribution < -0.4 is 0 Å². The Morgan fingerprint density at radius 1 is 1.42 bits per heavy atom. The van der Waals surface area contributed by atoms with Gasteiger partial charge >= 0.3 is 0 Å². The first kappa shape index (κ1) is 13.3. The second-order valence-corrected chi connectivity index (χ2v) is 4.65. The number of nitrogens with zero attached hydrogens (tertiary/aromatic N) is 3. The lowest BCUT2D eigenvalue weighted by atomic mass is 9.87. The van der Waals surface area contributed by atoms with E-state index >= 15 is 0 Å². The maximum atomic E-state index is 13.2. The standard InChI is InChI=1S/C15H16FN3/c1-4-13(15-9-19(3)18-10(15)2)14-6-5-12(16)7-11(14)8-17/h5-7,9,13H,4H2,1-3H3/t13-/m1/s1. The molecule has 19 heavy (non-hydrogen) atoms. The van der Waals surface area contributed by atoms with E-state index < -0.39 is 0 Å². The summed E-state index contributed by atoms with van der Waals surface area (Å²) < 4.78 is 15.0. The van der Waals surface area contributed by atoms with Gasteiger partial charge in [0.05, 0.1) is 17.3 Å². The van der Waals surface area contributed by atoms with E-state index in [9.17, 15) is 9.65 Å². The average molecular weight is 257 g/mol. The fraction of sp³-hybridized carbons (Fsp3) is 0.333. The molecule has 0 fully saturated rings. The molecule has 2 aromatic rings. The van der Waals surface area contributed by atoms with Gasteiger partial charge in [0.15, 0.2) is 0 Å². The molecule has 0 bridgehead atoms. The van der Waals surface area contributed by atoms with Gasteiger partial charge in [-0.3, -0.25) is 4.68 Å². The number of nitriles is 1. The van der Waals surface area contributed by atoms with Crippen molar-refractivity contribution in [1.29, 1.82) is 5.26 Å². The second kappa shape index (κ2) is 5.23. The minimum absolute atomic E-state index is 0.0731. The van der Waals surface area contributed by atoms with Crippen LogP contribution in [0.15, 0.2) is 24.4 Å². The molecule has 0 spiro atoms. The van der Waals surface area contributed by atoms with Gasteiger partial charge < -0.3 is 0 Å². The van der Waals surface area contributed by atoms with Gasteiger partial charge in [-0.15, -0.1) is 0 Å². The Bertz CT molecular complexity index is 637. The van der Waals surface area contributed by atoms with Gasteiger partial charge in [0, 0.05) is 24.7 Å². The summed E-state index contributed by atoms with van der Waals surface area (Å²) in [7, 11) is 1.87. The van der Waals surface area contributed by atoms with Crippen LogP contribution >= 0.6 is 0 Å². The van der Waals surface area contributed by atoms with E-state index in [2.05, 4.69) is 18.1 Å². The fourth-order valence-electron chi connectivity index (χ4n) is 2.50. The first-order valence-electron chi connectivity index (χ1n) is 6.26. The van der Waals surface area contributed by atoms with Crippen molar-refractivity contribution < 1.29 is 4.39 Å². The maximum Gasteiger partial charge on any atom is 0.124 e. The molecule has 0 aliphatic heterocycles. The van der Waals surface area contributed by atoms with Crippen LogP contribution in [0.2, 0.25) is 0 Å². The van der Waals surface area contributed by atoms with E-state index in [1.165, 1.54) is 12.1 Å². The van der Waals surface area contributed by atoms with E-state index in [-0.39, 0.29) is 11.7 Å². The number of hydrogen-bond acceptors (Lipinski definition) is 2. The zero-order chi connectivity index (χ0) is 14.0. The SMILES string of the molecule is CC[C@H](c1ccc(F)cc1C#N)c1cn(C)nc1C. The summed E-state index contributed by atoms with van der Waals surface area (Å²) in [6.45, 7) is 4.01. The summed E-state index contributed by atoms with van der Waals surface area (Å²) >= 11 is 0. The third-order valence-electron chi connectivity index (χ3n) is 3.35. The van der Waals surface area contributed by atoms with Crippen molar-refractivity contribution in [1.82, 2.24) is 9.78 Å². The van der Waals surface area contributed by atoms with Crippen molar-refractivity contribution >= 4 is 0 Å².